The molecule has 1 N–H and O–H groups in total. The van der Waals surface area contributed by atoms with Gasteiger partial charge in [0.1, 0.15) is 5.76 Å². The second kappa shape index (κ2) is 3.90. The van der Waals surface area contributed by atoms with E-state index in [0.29, 0.717) is 0 Å². The van der Waals surface area contributed by atoms with E-state index in [4.69, 9.17) is 4.42 Å². The lowest BCUT2D eigenvalue weighted by Gasteiger charge is -2.14. The second-order valence-corrected chi connectivity index (χ2v) is 3.59. The SMILES string of the molecule is CNC(c1coc(C)c1)c1ccnn1C. The van der Waals surface area contributed by atoms with E-state index in [-0.39, 0.29) is 6.04 Å². The van der Waals surface area contributed by atoms with E-state index in [1.54, 1.807) is 12.5 Å². The maximum absolute atomic E-state index is 5.32. The average molecular weight is 205 g/mol. The van der Waals surface area contributed by atoms with E-state index in [9.17, 15) is 0 Å². The predicted octanol–water partition coefficient (Wildman–Crippen LogP) is 1.63. The van der Waals surface area contributed by atoms with Gasteiger partial charge in [-0.25, -0.2) is 0 Å². The van der Waals surface area contributed by atoms with E-state index in [2.05, 4.69) is 10.4 Å². The molecule has 0 aliphatic rings. The van der Waals surface area contributed by atoms with Crippen molar-refractivity contribution in [3.63, 3.8) is 0 Å². The van der Waals surface area contributed by atoms with Gasteiger partial charge in [-0.1, -0.05) is 0 Å². The lowest BCUT2D eigenvalue weighted by molar-refractivity contribution is 0.524. The van der Waals surface area contributed by atoms with Gasteiger partial charge in [0.25, 0.3) is 0 Å². The quantitative estimate of drug-likeness (QED) is 0.828. The summed E-state index contributed by atoms with van der Waals surface area (Å²) in [6, 6.07) is 4.17. The highest BCUT2D eigenvalue weighted by atomic mass is 16.3. The topological polar surface area (TPSA) is 43.0 Å². The molecule has 4 heteroatoms. The number of hydrogen-bond donors (Lipinski definition) is 1. The molecule has 0 saturated carbocycles. The van der Waals surface area contributed by atoms with Gasteiger partial charge in [-0.15, -0.1) is 0 Å². The first-order chi connectivity index (χ1) is 7.22. The number of nitrogens with zero attached hydrogens (tertiary/aromatic N) is 2. The van der Waals surface area contributed by atoms with Crippen LogP contribution in [-0.4, -0.2) is 16.8 Å². The third-order valence-electron chi connectivity index (χ3n) is 2.53. The monoisotopic (exact) mass is 205 g/mol. The van der Waals surface area contributed by atoms with Crippen molar-refractivity contribution in [1.82, 2.24) is 15.1 Å². The lowest BCUT2D eigenvalue weighted by Crippen LogP contribution is -2.20. The van der Waals surface area contributed by atoms with Crippen LogP contribution in [0.1, 0.15) is 23.1 Å². The van der Waals surface area contributed by atoms with Gasteiger partial charge in [0.05, 0.1) is 18.0 Å². The molecule has 0 aliphatic carbocycles. The maximum Gasteiger partial charge on any atom is 0.101 e. The van der Waals surface area contributed by atoms with Gasteiger partial charge in [-0.3, -0.25) is 4.68 Å². The zero-order chi connectivity index (χ0) is 10.8. The van der Waals surface area contributed by atoms with Crippen molar-refractivity contribution in [2.45, 2.75) is 13.0 Å². The van der Waals surface area contributed by atoms with E-state index in [1.807, 2.05) is 37.8 Å². The summed E-state index contributed by atoms with van der Waals surface area (Å²) in [6.07, 6.45) is 3.58. The van der Waals surface area contributed by atoms with Crippen LogP contribution in [0.25, 0.3) is 0 Å². The number of rotatable bonds is 3. The molecule has 1 atom stereocenters. The largest absolute Gasteiger partial charge is 0.469 e. The molecular weight excluding hydrogens is 190 g/mol. The first-order valence-corrected chi connectivity index (χ1v) is 4.92. The van der Waals surface area contributed by atoms with E-state index in [0.717, 1.165) is 17.0 Å². The predicted molar refractivity (Wildman–Crippen MR) is 57.6 cm³/mol. The Kier molecular flexibility index (Phi) is 2.60. The summed E-state index contributed by atoms with van der Waals surface area (Å²) in [6.45, 7) is 1.94. The Morgan fingerprint density at radius 2 is 2.33 bits per heavy atom. The molecule has 0 bridgehead atoms. The van der Waals surface area contributed by atoms with Crippen LogP contribution in [0.5, 0.6) is 0 Å². The summed E-state index contributed by atoms with van der Waals surface area (Å²) in [7, 11) is 3.87. The number of furan rings is 1. The summed E-state index contributed by atoms with van der Waals surface area (Å²) in [5.41, 5.74) is 2.25. The molecule has 2 rings (SSSR count). The standard InChI is InChI=1S/C11H15N3O/c1-8-6-9(7-15-8)11(12-2)10-4-5-13-14(10)3/h4-7,11-12H,1-3H3. The highest BCUT2D eigenvalue weighted by Crippen LogP contribution is 2.22. The zero-order valence-corrected chi connectivity index (χ0v) is 9.19. The Labute approximate surface area is 88.9 Å². The molecule has 0 spiro atoms. The van der Waals surface area contributed by atoms with Crippen LogP contribution in [0.3, 0.4) is 0 Å². The van der Waals surface area contributed by atoms with Crippen LogP contribution in [-0.2, 0) is 7.05 Å². The Hall–Kier alpha value is -1.55. The van der Waals surface area contributed by atoms with Crippen LogP contribution in [0.4, 0.5) is 0 Å². The first kappa shape index (κ1) is 9.98. The summed E-state index contributed by atoms with van der Waals surface area (Å²) in [4.78, 5) is 0. The molecule has 1 unspecified atom stereocenters. The fourth-order valence-corrected chi connectivity index (χ4v) is 1.77. The molecule has 0 amide bonds. The van der Waals surface area contributed by atoms with E-state index < -0.39 is 0 Å². The van der Waals surface area contributed by atoms with Gasteiger partial charge in [-0.05, 0) is 26.1 Å². The average Bonchev–Trinajstić information content (AvgIpc) is 2.79. The first-order valence-electron chi connectivity index (χ1n) is 4.92. The number of aromatic nitrogens is 2. The normalized spacial score (nSPS) is 13.0. The van der Waals surface area contributed by atoms with Crippen molar-refractivity contribution < 1.29 is 4.42 Å². The fourth-order valence-electron chi connectivity index (χ4n) is 1.77. The molecule has 0 radical (unpaired) electrons. The Morgan fingerprint density at radius 1 is 1.53 bits per heavy atom. The van der Waals surface area contributed by atoms with Gasteiger partial charge in [-0.2, -0.15) is 5.10 Å². The highest BCUT2D eigenvalue weighted by molar-refractivity contribution is 5.25. The Morgan fingerprint density at radius 3 is 2.80 bits per heavy atom. The van der Waals surface area contributed by atoms with Crippen LogP contribution in [0.15, 0.2) is 29.0 Å². The molecule has 80 valence electrons. The molecule has 2 aromatic heterocycles. The number of aryl methyl sites for hydroxylation is 2. The molecule has 2 heterocycles. The molecular formula is C11H15N3O. The molecule has 4 nitrogen and oxygen atoms in total. The summed E-state index contributed by atoms with van der Waals surface area (Å²) >= 11 is 0. The van der Waals surface area contributed by atoms with Crippen molar-refractivity contribution in [3.8, 4) is 0 Å². The van der Waals surface area contributed by atoms with Gasteiger partial charge in [0.2, 0.25) is 0 Å². The molecule has 0 saturated heterocycles. The van der Waals surface area contributed by atoms with Crippen LogP contribution < -0.4 is 5.32 Å². The third-order valence-corrected chi connectivity index (χ3v) is 2.53. The Bertz CT molecular complexity index is 444. The number of hydrogen-bond acceptors (Lipinski definition) is 3. The highest BCUT2D eigenvalue weighted by Gasteiger charge is 2.16. The van der Waals surface area contributed by atoms with Gasteiger partial charge in [0.15, 0.2) is 0 Å². The van der Waals surface area contributed by atoms with Crippen molar-refractivity contribution in [1.29, 1.82) is 0 Å². The smallest absolute Gasteiger partial charge is 0.101 e. The number of nitrogens with one attached hydrogen (secondary N) is 1. The minimum atomic E-state index is 0.134. The molecule has 15 heavy (non-hydrogen) atoms. The van der Waals surface area contributed by atoms with E-state index in [1.165, 1.54) is 0 Å². The second-order valence-electron chi connectivity index (χ2n) is 3.59. The lowest BCUT2D eigenvalue weighted by atomic mass is 10.1. The van der Waals surface area contributed by atoms with Gasteiger partial charge < -0.3 is 9.73 Å². The summed E-state index contributed by atoms with van der Waals surface area (Å²) in [5, 5.41) is 7.42. The van der Waals surface area contributed by atoms with Crippen LogP contribution >= 0.6 is 0 Å². The van der Waals surface area contributed by atoms with Crippen molar-refractivity contribution in [2.24, 2.45) is 7.05 Å². The molecule has 0 aliphatic heterocycles. The third kappa shape index (κ3) is 1.80. The molecule has 2 aromatic rings. The van der Waals surface area contributed by atoms with Crippen LogP contribution in [0.2, 0.25) is 0 Å². The van der Waals surface area contributed by atoms with E-state index >= 15 is 0 Å². The molecule has 0 fully saturated rings. The molecule has 0 aromatic carbocycles. The zero-order valence-electron chi connectivity index (χ0n) is 9.19. The fraction of sp³-hybridized carbons (Fsp3) is 0.364. The van der Waals surface area contributed by atoms with Crippen molar-refractivity contribution in [2.75, 3.05) is 7.05 Å². The minimum Gasteiger partial charge on any atom is -0.469 e. The minimum absolute atomic E-state index is 0.134. The van der Waals surface area contributed by atoms with Gasteiger partial charge >= 0.3 is 0 Å². The summed E-state index contributed by atoms with van der Waals surface area (Å²) in [5.74, 6) is 0.924. The van der Waals surface area contributed by atoms with Gasteiger partial charge in [0, 0.05) is 18.8 Å². The van der Waals surface area contributed by atoms with Crippen LogP contribution in [0, 0.1) is 6.92 Å². The maximum atomic E-state index is 5.32. The Balaban J connectivity index is 2.36. The summed E-state index contributed by atoms with van der Waals surface area (Å²) < 4.78 is 7.18. The van der Waals surface area contributed by atoms with Crippen molar-refractivity contribution in [3.05, 3.63) is 41.6 Å². The van der Waals surface area contributed by atoms with Crippen molar-refractivity contribution >= 4 is 0 Å².